The Balaban J connectivity index is 1.78. The van der Waals surface area contributed by atoms with Crippen LogP contribution in [0.2, 0.25) is 0 Å². The van der Waals surface area contributed by atoms with Crippen LogP contribution in [0.5, 0.6) is 0 Å². The molecule has 1 aliphatic heterocycles. The quantitative estimate of drug-likeness (QED) is 0.861. The average molecular weight is 275 g/mol. The minimum Gasteiger partial charge on any atom is -0.336 e. The highest BCUT2D eigenvalue weighted by atomic mass is 32.2. The van der Waals surface area contributed by atoms with Crippen LogP contribution in [-0.4, -0.2) is 34.2 Å². The number of hydrogen-bond acceptors (Lipinski definition) is 5. The molecule has 1 fully saturated rings. The summed E-state index contributed by atoms with van der Waals surface area (Å²) in [6, 6.07) is 9.90. The van der Waals surface area contributed by atoms with Crippen LogP contribution in [0, 0.1) is 0 Å². The van der Waals surface area contributed by atoms with Crippen molar-refractivity contribution < 1.29 is 4.52 Å². The van der Waals surface area contributed by atoms with E-state index < -0.39 is 0 Å². The first-order chi connectivity index (χ1) is 9.36. The zero-order valence-electron chi connectivity index (χ0n) is 11.0. The van der Waals surface area contributed by atoms with Crippen molar-refractivity contribution in [2.75, 3.05) is 23.7 Å². The second-order valence-corrected chi connectivity index (χ2v) is 6.02. The average Bonchev–Trinajstić information content (AvgIpc) is 2.98. The monoisotopic (exact) mass is 275 g/mol. The molecule has 0 aliphatic carbocycles. The summed E-state index contributed by atoms with van der Waals surface area (Å²) >= 11 is 2.04. The van der Waals surface area contributed by atoms with E-state index in [9.17, 15) is 0 Å². The lowest BCUT2D eigenvalue weighted by Gasteiger charge is -2.30. The fourth-order valence-corrected chi connectivity index (χ4v) is 3.37. The fraction of sp³-hybridized carbons (Fsp3) is 0.429. The molecule has 1 aliphatic rings. The smallest absolute Gasteiger partial charge is 0.266 e. The second-order valence-electron chi connectivity index (χ2n) is 4.61. The van der Waals surface area contributed by atoms with Crippen LogP contribution in [0.25, 0.3) is 11.5 Å². The first-order valence-electron chi connectivity index (χ1n) is 6.62. The Morgan fingerprint density at radius 2 is 2.21 bits per heavy atom. The zero-order chi connectivity index (χ0) is 13.1. The summed E-state index contributed by atoms with van der Waals surface area (Å²) < 4.78 is 5.36. The molecule has 1 saturated heterocycles. The molecule has 0 spiro atoms. The Morgan fingerprint density at radius 1 is 1.37 bits per heavy atom. The summed E-state index contributed by atoms with van der Waals surface area (Å²) in [5, 5.41) is 4.79. The Bertz CT molecular complexity index is 528. The van der Waals surface area contributed by atoms with E-state index in [1.807, 2.05) is 42.1 Å². The summed E-state index contributed by atoms with van der Waals surface area (Å²) in [6.07, 6.45) is 1.19. The van der Waals surface area contributed by atoms with Crippen molar-refractivity contribution in [2.24, 2.45) is 0 Å². The number of rotatable bonds is 3. The standard InChI is InChI=1S/C14H17N3OS/c1-2-12-10-17(8-9-19-12)14-15-13(18-16-14)11-6-4-3-5-7-11/h3-7,12H,2,8-10H2,1H3. The van der Waals surface area contributed by atoms with Crippen LogP contribution in [0.3, 0.4) is 0 Å². The van der Waals surface area contributed by atoms with Gasteiger partial charge in [0, 0.05) is 29.7 Å². The molecule has 4 nitrogen and oxygen atoms in total. The zero-order valence-corrected chi connectivity index (χ0v) is 11.8. The van der Waals surface area contributed by atoms with Crippen LogP contribution < -0.4 is 4.90 Å². The summed E-state index contributed by atoms with van der Waals surface area (Å²) in [5.41, 5.74) is 0.972. The van der Waals surface area contributed by atoms with Crippen molar-refractivity contribution >= 4 is 17.7 Å². The Kier molecular flexibility index (Phi) is 3.73. The van der Waals surface area contributed by atoms with Gasteiger partial charge in [-0.1, -0.05) is 25.1 Å². The molecule has 0 bridgehead atoms. The lowest BCUT2D eigenvalue weighted by Crippen LogP contribution is -2.38. The van der Waals surface area contributed by atoms with Crippen molar-refractivity contribution in [3.05, 3.63) is 30.3 Å². The topological polar surface area (TPSA) is 42.2 Å². The van der Waals surface area contributed by atoms with Gasteiger partial charge >= 0.3 is 0 Å². The van der Waals surface area contributed by atoms with Crippen molar-refractivity contribution in [3.8, 4) is 11.5 Å². The van der Waals surface area contributed by atoms with E-state index >= 15 is 0 Å². The van der Waals surface area contributed by atoms with E-state index in [0.29, 0.717) is 11.1 Å². The first-order valence-corrected chi connectivity index (χ1v) is 7.67. The van der Waals surface area contributed by atoms with Gasteiger partial charge in [-0.05, 0) is 23.7 Å². The summed E-state index contributed by atoms with van der Waals surface area (Å²) in [6.45, 7) is 4.23. The first kappa shape index (κ1) is 12.5. The van der Waals surface area contributed by atoms with Crippen LogP contribution in [-0.2, 0) is 0 Å². The highest BCUT2D eigenvalue weighted by molar-refractivity contribution is 8.00. The molecule has 0 saturated carbocycles. The maximum absolute atomic E-state index is 5.36. The number of aromatic nitrogens is 2. The SMILES string of the molecule is CCC1CN(c2noc(-c3ccccc3)n2)CCS1. The maximum Gasteiger partial charge on any atom is 0.266 e. The molecule has 19 heavy (non-hydrogen) atoms. The fourth-order valence-electron chi connectivity index (χ4n) is 2.19. The van der Waals surface area contributed by atoms with Gasteiger partial charge in [-0.15, -0.1) is 0 Å². The molecule has 100 valence electrons. The number of hydrogen-bond donors (Lipinski definition) is 0. The molecular weight excluding hydrogens is 258 g/mol. The molecule has 5 heteroatoms. The molecule has 2 aromatic rings. The van der Waals surface area contributed by atoms with E-state index in [1.165, 1.54) is 6.42 Å². The molecule has 2 heterocycles. The van der Waals surface area contributed by atoms with Crippen LogP contribution in [0.15, 0.2) is 34.9 Å². The lowest BCUT2D eigenvalue weighted by molar-refractivity contribution is 0.429. The van der Waals surface area contributed by atoms with Crippen molar-refractivity contribution in [2.45, 2.75) is 18.6 Å². The minimum atomic E-state index is 0.599. The molecule has 0 amide bonds. The number of thioether (sulfide) groups is 1. The van der Waals surface area contributed by atoms with E-state index in [0.717, 1.165) is 30.4 Å². The van der Waals surface area contributed by atoms with Gasteiger partial charge < -0.3 is 9.42 Å². The van der Waals surface area contributed by atoms with Gasteiger partial charge in [-0.3, -0.25) is 0 Å². The van der Waals surface area contributed by atoms with Crippen LogP contribution in [0.4, 0.5) is 5.95 Å². The summed E-state index contributed by atoms with van der Waals surface area (Å²) in [4.78, 5) is 6.73. The molecule has 1 unspecified atom stereocenters. The largest absolute Gasteiger partial charge is 0.336 e. The third-order valence-electron chi connectivity index (χ3n) is 3.31. The molecule has 3 rings (SSSR count). The number of anilines is 1. The van der Waals surface area contributed by atoms with Gasteiger partial charge in [0.25, 0.3) is 11.8 Å². The van der Waals surface area contributed by atoms with Crippen molar-refractivity contribution in [1.82, 2.24) is 10.1 Å². The third-order valence-corrected chi connectivity index (χ3v) is 4.69. The Labute approximate surface area is 117 Å². The summed E-state index contributed by atoms with van der Waals surface area (Å²) in [7, 11) is 0. The molecule has 1 aromatic carbocycles. The van der Waals surface area contributed by atoms with E-state index in [4.69, 9.17) is 4.52 Å². The van der Waals surface area contributed by atoms with E-state index in [1.54, 1.807) is 0 Å². The normalized spacial score (nSPS) is 19.6. The molecule has 0 N–H and O–H groups in total. The molecular formula is C14H17N3OS. The van der Waals surface area contributed by atoms with Crippen molar-refractivity contribution in [1.29, 1.82) is 0 Å². The second kappa shape index (κ2) is 5.65. The molecule has 1 aromatic heterocycles. The highest BCUT2D eigenvalue weighted by Gasteiger charge is 2.22. The molecule has 0 radical (unpaired) electrons. The highest BCUT2D eigenvalue weighted by Crippen LogP contribution is 2.25. The van der Waals surface area contributed by atoms with E-state index in [2.05, 4.69) is 22.0 Å². The third kappa shape index (κ3) is 2.76. The maximum atomic E-state index is 5.36. The lowest BCUT2D eigenvalue weighted by atomic mass is 10.2. The van der Waals surface area contributed by atoms with Crippen molar-refractivity contribution in [3.63, 3.8) is 0 Å². The van der Waals surface area contributed by atoms with Gasteiger partial charge in [0.2, 0.25) is 0 Å². The van der Waals surface area contributed by atoms with Crippen LogP contribution in [0.1, 0.15) is 13.3 Å². The number of benzene rings is 1. The van der Waals surface area contributed by atoms with Crippen LogP contribution >= 0.6 is 11.8 Å². The van der Waals surface area contributed by atoms with Gasteiger partial charge in [-0.25, -0.2) is 0 Å². The van der Waals surface area contributed by atoms with Gasteiger partial charge in [0.15, 0.2) is 0 Å². The molecule has 1 atom stereocenters. The number of nitrogens with zero attached hydrogens (tertiary/aromatic N) is 3. The predicted octanol–water partition coefficient (Wildman–Crippen LogP) is 3.07. The predicted molar refractivity (Wildman–Crippen MR) is 78.5 cm³/mol. The van der Waals surface area contributed by atoms with Gasteiger partial charge in [0.1, 0.15) is 0 Å². The van der Waals surface area contributed by atoms with E-state index in [-0.39, 0.29) is 0 Å². The Hall–Kier alpha value is -1.49. The minimum absolute atomic E-state index is 0.599. The summed E-state index contributed by atoms with van der Waals surface area (Å²) in [5.74, 6) is 2.45. The Morgan fingerprint density at radius 3 is 3.00 bits per heavy atom. The van der Waals surface area contributed by atoms with Gasteiger partial charge in [-0.2, -0.15) is 16.7 Å². The van der Waals surface area contributed by atoms with Gasteiger partial charge in [0.05, 0.1) is 0 Å².